The summed E-state index contributed by atoms with van der Waals surface area (Å²) in [5, 5.41) is 30.1. The maximum Gasteiger partial charge on any atom is 0.328 e. The number of nitrogens with one attached hydrogen (secondary N) is 1. The second-order valence-electron chi connectivity index (χ2n) is 6.22. The maximum absolute atomic E-state index is 9.90. The van der Waals surface area contributed by atoms with Crippen molar-refractivity contribution in [2.24, 2.45) is 5.92 Å². The van der Waals surface area contributed by atoms with E-state index in [1.54, 1.807) is 0 Å². The summed E-state index contributed by atoms with van der Waals surface area (Å²) in [6, 6.07) is 5.86. The molecule has 3 rings (SSSR count). The number of aliphatic hydroxyl groups is 1. The molecule has 0 bridgehead atoms. The molecule has 1 aromatic carbocycles. The van der Waals surface area contributed by atoms with Crippen molar-refractivity contribution in [2.45, 2.75) is 24.4 Å². The standard InChI is InChI=1S/C13H15Cl2NO.C4H4O4/c14-11-2-1-8(4-12(11)15)13-5-10(17)3-9(13)6-16-7-13;5-3(6)1-2-4(7)8/h1-2,4,9-10,16-17H,3,5-7H2;1-2H,(H,5,6)(H,7,8)/b;2-1+/t9-,10-,13+;/m0./s1. The molecule has 1 aliphatic heterocycles. The van der Waals surface area contributed by atoms with Crippen LogP contribution in [0.25, 0.3) is 0 Å². The Labute approximate surface area is 155 Å². The van der Waals surface area contributed by atoms with Crippen molar-refractivity contribution in [3.8, 4) is 0 Å². The number of benzene rings is 1. The van der Waals surface area contributed by atoms with E-state index in [4.69, 9.17) is 33.4 Å². The molecule has 3 atom stereocenters. The molecule has 1 heterocycles. The monoisotopic (exact) mass is 387 g/mol. The van der Waals surface area contributed by atoms with Gasteiger partial charge in [-0.1, -0.05) is 29.3 Å². The minimum absolute atomic E-state index is 0.0493. The fraction of sp³-hybridized carbons (Fsp3) is 0.412. The first-order valence-corrected chi connectivity index (χ1v) is 8.48. The molecule has 6 nitrogen and oxygen atoms in total. The number of carboxylic acids is 2. The molecule has 1 saturated carbocycles. The summed E-state index contributed by atoms with van der Waals surface area (Å²) < 4.78 is 0. The Hall–Kier alpha value is -1.60. The molecule has 2 fully saturated rings. The third-order valence-electron chi connectivity index (χ3n) is 4.63. The van der Waals surface area contributed by atoms with E-state index in [0.29, 0.717) is 28.1 Å². The summed E-state index contributed by atoms with van der Waals surface area (Å²) >= 11 is 12.1. The van der Waals surface area contributed by atoms with Crippen LogP contribution in [0.15, 0.2) is 30.4 Å². The van der Waals surface area contributed by atoms with Crippen molar-refractivity contribution in [2.75, 3.05) is 13.1 Å². The van der Waals surface area contributed by atoms with Gasteiger partial charge in [0.25, 0.3) is 0 Å². The highest BCUT2D eigenvalue weighted by Crippen LogP contribution is 2.48. The Morgan fingerprint density at radius 1 is 1.16 bits per heavy atom. The molecule has 136 valence electrons. The van der Waals surface area contributed by atoms with Gasteiger partial charge in [0, 0.05) is 24.1 Å². The van der Waals surface area contributed by atoms with Gasteiger partial charge in [-0.05, 0) is 43.0 Å². The van der Waals surface area contributed by atoms with Gasteiger partial charge in [0.05, 0.1) is 16.1 Å². The van der Waals surface area contributed by atoms with Crippen LogP contribution in [-0.2, 0) is 15.0 Å². The molecule has 1 saturated heterocycles. The highest BCUT2D eigenvalue weighted by atomic mass is 35.5. The van der Waals surface area contributed by atoms with E-state index in [0.717, 1.165) is 25.9 Å². The molecule has 2 aliphatic rings. The summed E-state index contributed by atoms with van der Waals surface area (Å²) in [4.78, 5) is 19.1. The van der Waals surface area contributed by atoms with Gasteiger partial charge in [0.2, 0.25) is 0 Å². The van der Waals surface area contributed by atoms with E-state index in [2.05, 4.69) is 5.32 Å². The lowest BCUT2D eigenvalue weighted by Gasteiger charge is -2.29. The Balaban J connectivity index is 0.000000242. The molecule has 4 N–H and O–H groups in total. The van der Waals surface area contributed by atoms with E-state index >= 15 is 0 Å². The summed E-state index contributed by atoms with van der Waals surface area (Å²) in [7, 11) is 0. The second-order valence-corrected chi connectivity index (χ2v) is 7.03. The van der Waals surface area contributed by atoms with Gasteiger partial charge in [-0.25, -0.2) is 9.59 Å². The SMILES string of the molecule is O=C(O)/C=C/C(=O)O.O[C@H]1C[C@H]2CNC[C@@]2(c2ccc(Cl)c(Cl)c2)C1. The van der Waals surface area contributed by atoms with Crippen molar-refractivity contribution in [3.05, 3.63) is 46.0 Å². The molecule has 8 heteroatoms. The third-order valence-corrected chi connectivity index (χ3v) is 5.37. The molecule has 0 aromatic heterocycles. The van der Waals surface area contributed by atoms with E-state index in [9.17, 15) is 14.7 Å². The van der Waals surface area contributed by atoms with Gasteiger partial charge in [-0.3, -0.25) is 0 Å². The highest BCUT2D eigenvalue weighted by molar-refractivity contribution is 6.42. The zero-order chi connectivity index (χ0) is 18.6. The van der Waals surface area contributed by atoms with E-state index < -0.39 is 11.9 Å². The van der Waals surface area contributed by atoms with Crippen molar-refractivity contribution in [1.29, 1.82) is 0 Å². The predicted octanol–water partition coefficient (Wildman–Crippen LogP) is 2.32. The number of hydrogen-bond donors (Lipinski definition) is 4. The van der Waals surface area contributed by atoms with Gasteiger partial charge in [0.1, 0.15) is 0 Å². The van der Waals surface area contributed by atoms with Crippen LogP contribution in [0, 0.1) is 5.92 Å². The summed E-state index contributed by atoms with van der Waals surface area (Å²) in [6.45, 7) is 1.91. The van der Waals surface area contributed by atoms with Crippen molar-refractivity contribution in [3.63, 3.8) is 0 Å². The van der Waals surface area contributed by atoms with E-state index in [1.165, 1.54) is 5.56 Å². The quantitative estimate of drug-likeness (QED) is 0.592. The van der Waals surface area contributed by atoms with Crippen LogP contribution in [0.4, 0.5) is 0 Å². The number of aliphatic hydroxyl groups excluding tert-OH is 1. The van der Waals surface area contributed by atoms with Gasteiger partial charge in [0.15, 0.2) is 0 Å². The zero-order valence-electron chi connectivity index (χ0n) is 13.3. The van der Waals surface area contributed by atoms with Crippen molar-refractivity contribution >= 4 is 35.1 Å². The number of aliphatic carboxylic acids is 2. The Bertz CT molecular complexity index is 678. The van der Waals surface area contributed by atoms with Crippen molar-refractivity contribution in [1.82, 2.24) is 5.32 Å². The summed E-state index contributed by atoms with van der Waals surface area (Å²) in [5.41, 5.74) is 1.26. The first-order valence-electron chi connectivity index (χ1n) is 7.73. The topological polar surface area (TPSA) is 107 Å². The molecule has 1 aliphatic carbocycles. The van der Waals surface area contributed by atoms with Crippen LogP contribution >= 0.6 is 23.2 Å². The maximum atomic E-state index is 9.90. The van der Waals surface area contributed by atoms with Crippen LogP contribution in [0.3, 0.4) is 0 Å². The van der Waals surface area contributed by atoms with Gasteiger partial charge in [-0.15, -0.1) is 0 Å². The lowest BCUT2D eigenvalue weighted by Crippen LogP contribution is -2.31. The molecule has 0 spiro atoms. The number of rotatable bonds is 3. The summed E-state index contributed by atoms with van der Waals surface area (Å²) in [5.74, 6) is -2.01. The fourth-order valence-electron chi connectivity index (χ4n) is 3.59. The normalized spacial score (nSPS) is 27.6. The van der Waals surface area contributed by atoms with Crippen LogP contribution < -0.4 is 5.32 Å². The lowest BCUT2D eigenvalue weighted by atomic mass is 9.74. The average molecular weight is 388 g/mol. The minimum atomic E-state index is -1.26. The average Bonchev–Trinajstić information content (AvgIpc) is 3.05. The van der Waals surface area contributed by atoms with Crippen LogP contribution in [0.1, 0.15) is 18.4 Å². The van der Waals surface area contributed by atoms with Crippen LogP contribution in [0.2, 0.25) is 10.0 Å². The number of fused-ring (bicyclic) bond motifs is 1. The molecular weight excluding hydrogens is 369 g/mol. The largest absolute Gasteiger partial charge is 0.478 e. The van der Waals surface area contributed by atoms with Gasteiger partial charge in [-0.2, -0.15) is 0 Å². The molecule has 0 unspecified atom stereocenters. The molecule has 0 radical (unpaired) electrons. The first kappa shape index (κ1) is 19.7. The van der Waals surface area contributed by atoms with Crippen LogP contribution in [0.5, 0.6) is 0 Å². The first-order chi connectivity index (χ1) is 11.7. The highest BCUT2D eigenvalue weighted by Gasteiger charge is 2.50. The minimum Gasteiger partial charge on any atom is -0.478 e. The second kappa shape index (κ2) is 8.19. The van der Waals surface area contributed by atoms with E-state index in [-0.39, 0.29) is 11.5 Å². The Morgan fingerprint density at radius 3 is 2.36 bits per heavy atom. The molecule has 25 heavy (non-hydrogen) atoms. The Kier molecular flexibility index (Phi) is 6.46. The number of halogens is 2. The van der Waals surface area contributed by atoms with Gasteiger partial charge >= 0.3 is 11.9 Å². The van der Waals surface area contributed by atoms with Crippen LogP contribution in [-0.4, -0.2) is 46.5 Å². The predicted molar refractivity (Wildman–Crippen MR) is 94.2 cm³/mol. The molecule has 1 aromatic rings. The fourth-order valence-corrected chi connectivity index (χ4v) is 3.89. The molecule has 0 amide bonds. The Morgan fingerprint density at radius 2 is 1.80 bits per heavy atom. The summed E-state index contributed by atoms with van der Waals surface area (Å²) in [6.07, 6.45) is 2.64. The third kappa shape index (κ3) is 4.73. The van der Waals surface area contributed by atoms with Gasteiger partial charge < -0.3 is 20.6 Å². The lowest BCUT2D eigenvalue weighted by molar-refractivity contribution is -0.134. The zero-order valence-corrected chi connectivity index (χ0v) is 14.8. The number of carbonyl (C=O) groups is 2. The molecular formula is C17H19Cl2NO5. The smallest absolute Gasteiger partial charge is 0.328 e. The van der Waals surface area contributed by atoms with E-state index in [1.807, 2.05) is 18.2 Å². The van der Waals surface area contributed by atoms with Crippen molar-refractivity contribution < 1.29 is 24.9 Å². The number of hydrogen-bond acceptors (Lipinski definition) is 4. The number of carboxylic acid groups (broad SMARTS) is 2.